The smallest absolute Gasteiger partial charge is 0.311 e. The van der Waals surface area contributed by atoms with Gasteiger partial charge in [-0.3, -0.25) is 14.4 Å². The van der Waals surface area contributed by atoms with E-state index in [0.29, 0.717) is 28.6 Å². The van der Waals surface area contributed by atoms with Gasteiger partial charge in [-0.15, -0.1) is 0 Å². The molecule has 2 amide bonds. The number of amides is 2. The predicted molar refractivity (Wildman–Crippen MR) is 136 cm³/mol. The van der Waals surface area contributed by atoms with Gasteiger partial charge in [0.25, 0.3) is 5.91 Å². The summed E-state index contributed by atoms with van der Waals surface area (Å²) in [4.78, 5) is 38.7. The van der Waals surface area contributed by atoms with Crippen molar-refractivity contribution in [2.45, 2.75) is 6.42 Å². The molecule has 10 heteroatoms. The molecule has 1 aliphatic heterocycles. The average molecular weight is 529 g/mol. The third kappa shape index (κ3) is 5.90. The van der Waals surface area contributed by atoms with E-state index < -0.39 is 24.4 Å². The quantitative estimate of drug-likeness (QED) is 0.397. The normalized spacial score (nSPS) is 14.9. The molecule has 0 bridgehead atoms. The number of nitrogens with zero attached hydrogens (tertiary/aromatic N) is 1. The first-order chi connectivity index (χ1) is 17.4. The number of hydrogen-bond donors (Lipinski definition) is 1. The van der Waals surface area contributed by atoms with E-state index >= 15 is 0 Å². The van der Waals surface area contributed by atoms with Crippen LogP contribution in [0.3, 0.4) is 0 Å². The largest absolute Gasteiger partial charge is 0.493 e. The average Bonchev–Trinajstić information content (AvgIpc) is 3.28. The molecular formula is C26H22Cl2N2O6. The third-order valence-corrected chi connectivity index (χ3v) is 6.29. The molecule has 1 saturated heterocycles. The van der Waals surface area contributed by atoms with Crippen molar-refractivity contribution in [2.75, 3.05) is 30.5 Å². The first-order valence-electron chi connectivity index (χ1n) is 11.0. The molecule has 36 heavy (non-hydrogen) atoms. The molecule has 0 saturated carbocycles. The number of rotatable bonds is 8. The number of benzene rings is 3. The highest BCUT2D eigenvalue weighted by Crippen LogP contribution is 2.33. The number of methoxy groups -OCH3 is 1. The summed E-state index contributed by atoms with van der Waals surface area (Å²) in [5.41, 5.74) is 0.932. The highest BCUT2D eigenvalue weighted by atomic mass is 35.5. The Bertz CT molecular complexity index is 1280. The van der Waals surface area contributed by atoms with Crippen LogP contribution in [0.1, 0.15) is 6.42 Å². The van der Waals surface area contributed by atoms with Crippen LogP contribution in [0.25, 0.3) is 0 Å². The maximum atomic E-state index is 12.6. The van der Waals surface area contributed by atoms with Gasteiger partial charge in [0, 0.05) is 18.7 Å². The fraction of sp³-hybridized carbons (Fsp3) is 0.192. The maximum absolute atomic E-state index is 12.6. The Morgan fingerprint density at radius 3 is 2.44 bits per heavy atom. The van der Waals surface area contributed by atoms with Gasteiger partial charge in [-0.2, -0.15) is 0 Å². The second-order valence-electron chi connectivity index (χ2n) is 7.91. The number of carbonyl (C=O) groups excluding carboxylic acids is 3. The lowest BCUT2D eigenvalue weighted by Gasteiger charge is -2.17. The van der Waals surface area contributed by atoms with Gasteiger partial charge in [-0.1, -0.05) is 41.4 Å². The number of hydrogen-bond acceptors (Lipinski definition) is 6. The summed E-state index contributed by atoms with van der Waals surface area (Å²) in [5, 5.41) is 3.02. The number of nitrogens with one attached hydrogen (secondary N) is 1. The molecule has 0 spiro atoms. The van der Waals surface area contributed by atoms with E-state index in [0.717, 1.165) is 0 Å². The zero-order valence-electron chi connectivity index (χ0n) is 19.2. The summed E-state index contributed by atoms with van der Waals surface area (Å²) in [6.45, 7) is -0.368. The van der Waals surface area contributed by atoms with E-state index in [1.165, 1.54) is 4.90 Å². The van der Waals surface area contributed by atoms with E-state index in [1.807, 2.05) is 12.1 Å². The van der Waals surface area contributed by atoms with Gasteiger partial charge in [0.05, 0.1) is 28.8 Å². The lowest BCUT2D eigenvalue weighted by molar-refractivity contribution is -0.151. The number of para-hydroxylation sites is 2. The van der Waals surface area contributed by atoms with E-state index in [2.05, 4.69) is 5.32 Å². The van der Waals surface area contributed by atoms with Crippen molar-refractivity contribution in [1.82, 2.24) is 0 Å². The Labute approximate surface area is 217 Å². The van der Waals surface area contributed by atoms with Crippen LogP contribution in [0.5, 0.6) is 17.2 Å². The van der Waals surface area contributed by atoms with Crippen LogP contribution in [-0.2, 0) is 19.1 Å². The predicted octanol–water partition coefficient (Wildman–Crippen LogP) is 5.33. The highest BCUT2D eigenvalue weighted by molar-refractivity contribution is 6.44. The molecule has 1 N–H and O–H groups in total. The summed E-state index contributed by atoms with van der Waals surface area (Å²) >= 11 is 12.0. The molecule has 0 radical (unpaired) electrons. The molecule has 1 aliphatic rings. The third-order valence-electron chi connectivity index (χ3n) is 5.47. The first kappa shape index (κ1) is 25.3. The molecular weight excluding hydrogens is 507 g/mol. The molecule has 3 aromatic rings. The van der Waals surface area contributed by atoms with Crippen LogP contribution < -0.4 is 19.7 Å². The number of esters is 1. The van der Waals surface area contributed by atoms with Gasteiger partial charge >= 0.3 is 5.97 Å². The van der Waals surface area contributed by atoms with Crippen molar-refractivity contribution >= 4 is 52.4 Å². The standard InChI is InChI=1S/C26H22Cl2N2O6/c1-34-21-7-2-3-8-22(21)36-18-11-9-17(10-12-18)30-14-16(13-24(30)32)26(33)35-15-23(31)29-20-6-4-5-19(27)25(20)28/h2-12,16H,13-15H2,1H3,(H,29,31)/t16-/m0/s1. The SMILES string of the molecule is COc1ccccc1Oc1ccc(N2C[C@@H](C(=O)OCC(=O)Nc3cccc(Cl)c3Cl)CC2=O)cc1. The lowest BCUT2D eigenvalue weighted by Crippen LogP contribution is -2.28. The first-order valence-corrected chi connectivity index (χ1v) is 11.7. The van der Waals surface area contributed by atoms with Gasteiger partial charge in [-0.05, 0) is 48.5 Å². The zero-order valence-corrected chi connectivity index (χ0v) is 20.7. The molecule has 3 aromatic carbocycles. The molecule has 1 atom stereocenters. The highest BCUT2D eigenvalue weighted by Gasteiger charge is 2.36. The number of carbonyl (C=O) groups is 3. The topological polar surface area (TPSA) is 94.2 Å². The van der Waals surface area contributed by atoms with Crippen molar-refractivity contribution in [3.8, 4) is 17.2 Å². The van der Waals surface area contributed by atoms with E-state index in [4.69, 9.17) is 37.4 Å². The van der Waals surface area contributed by atoms with Crippen molar-refractivity contribution in [2.24, 2.45) is 5.92 Å². The second kappa shape index (κ2) is 11.3. The minimum Gasteiger partial charge on any atom is -0.493 e. The van der Waals surface area contributed by atoms with Crippen molar-refractivity contribution < 1.29 is 28.6 Å². The summed E-state index contributed by atoms with van der Waals surface area (Å²) in [6, 6.07) is 19.0. The molecule has 4 rings (SSSR count). The molecule has 1 heterocycles. The summed E-state index contributed by atoms with van der Waals surface area (Å²) in [6.07, 6.45) is -0.0138. The van der Waals surface area contributed by atoms with Gasteiger partial charge in [-0.25, -0.2) is 0 Å². The molecule has 0 aliphatic carbocycles. The Morgan fingerprint density at radius 1 is 1.00 bits per heavy atom. The number of halogens is 2. The van der Waals surface area contributed by atoms with Crippen LogP contribution >= 0.6 is 23.2 Å². The van der Waals surface area contributed by atoms with Crippen molar-refractivity contribution in [3.63, 3.8) is 0 Å². The fourth-order valence-corrected chi connectivity index (χ4v) is 4.03. The second-order valence-corrected chi connectivity index (χ2v) is 8.69. The molecule has 0 unspecified atom stereocenters. The van der Waals surface area contributed by atoms with Crippen LogP contribution in [0.2, 0.25) is 10.0 Å². The van der Waals surface area contributed by atoms with E-state index in [9.17, 15) is 14.4 Å². The summed E-state index contributed by atoms with van der Waals surface area (Å²) < 4.78 is 16.3. The Hall–Kier alpha value is -3.75. The van der Waals surface area contributed by atoms with Crippen molar-refractivity contribution in [3.05, 3.63) is 76.8 Å². The van der Waals surface area contributed by atoms with Crippen LogP contribution in [0.15, 0.2) is 66.7 Å². The Morgan fingerprint density at radius 2 is 1.72 bits per heavy atom. The molecule has 186 valence electrons. The van der Waals surface area contributed by atoms with Crippen LogP contribution in [0, 0.1) is 5.92 Å². The molecule has 8 nitrogen and oxygen atoms in total. The van der Waals surface area contributed by atoms with Gasteiger partial charge < -0.3 is 24.4 Å². The molecule has 1 fully saturated rings. The minimum absolute atomic E-state index is 0.0138. The van der Waals surface area contributed by atoms with E-state index in [1.54, 1.807) is 61.7 Å². The lowest BCUT2D eigenvalue weighted by atomic mass is 10.1. The zero-order chi connectivity index (χ0) is 25.7. The van der Waals surface area contributed by atoms with Gasteiger partial charge in [0.1, 0.15) is 5.75 Å². The van der Waals surface area contributed by atoms with Gasteiger partial charge in [0.2, 0.25) is 5.91 Å². The van der Waals surface area contributed by atoms with Crippen LogP contribution in [0.4, 0.5) is 11.4 Å². The monoisotopic (exact) mass is 528 g/mol. The van der Waals surface area contributed by atoms with Gasteiger partial charge in [0.15, 0.2) is 18.1 Å². The minimum atomic E-state index is -0.690. The Kier molecular flexibility index (Phi) is 7.97. The maximum Gasteiger partial charge on any atom is 0.311 e. The van der Waals surface area contributed by atoms with E-state index in [-0.39, 0.29) is 28.9 Å². The molecule has 0 aromatic heterocycles. The van der Waals surface area contributed by atoms with Crippen molar-refractivity contribution in [1.29, 1.82) is 0 Å². The van der Waals surface area contributed by atoms with Crippen LogP contribution in [-0.4, -0.2) is 38.0 Å². The Balaban J connectivity index is 1.31. The summed E-state index contributed by atoms with van der Waals surface area (Å²) in [7, 11) is 1.56. The number of anilines is 2. The summed E-state index contributed by atoms with van der Waals surface area (Å²) in [5.74, 6) is -0.378. The fourth-order valence-electron chi connectivity index (χ4n) is 3.68. The number of ether oxygens (including phenoxy) is 3.